The summed E-state index contributed by atoms with van der Waals surface area (Å²) in [6, 6.07) is 8.45. The Morgan fingerprint density at radius 2 is 1.97 bits per heavy atom. The molecule has 38 heavy (non-hydrogen) atoms. The second kappa shape index (κ2) is 11.5. The molecule has 0 aromatic heterocycles. The number of benzene rings is 2. The Morgan fingerprint density at radius 3 is 2.61 bits per heavy atom. The zero-order valence-electron chi connectivity index (χ0n) is 21.6. The average molecular weight is 530 g/mol. The predicted molar refractivity (Wildman–Crippen MR) is 141 cm³/mol. The molecule has 1 aliphatic heterocycles. The summed E-state index contributed by atoms with van der Waals surface area (Å²) in [7, 11) is 1.58. The van der Waals surface area contributed by atoms with Crippen molar-refractivity contribution in [3.8, 4) is 0 Å². The van der Waals surface area contributed by atoms with E-state index in [4.69, 9.17) is 0 Å². The van der Waals surface area contributed by atoms with Crippen LogP contribution in [0.2, 0.25) is 0 Å². The van der Waals surface area contributed by atoms with Gasteiger partial charge in [0, 0.05) is 29.9 Å². The third-order valence-corrected chi connectivity index (χ3v) is 5.94. The summed E-state index contributed by atoms with van der Waals surface area (Å²) in [5, 5.41) is 14.8. The second-order valence-corrected chi connectivity index (χ2v) is 8.89. The number of urea groups is 1. The summed E-state index contributed by atoms with van der Waals surface area (Å²) in [5.74, 6) is -0.00722. The van der Waals surface area contributed by atoms with Gasteiger partial charge in [0.1, 0.15) is 11.7 Å². The summed E-state index contributed by atoms with van der Waals surface area (Å²) in [5.41, 5.74) is 1.27. The summed E-state index contributed by atoms with van der Waals surface area (Å²) in [6.07, 6.45) is -2.74. The van der Waals surface area contributed by atoms with E-state index in [1.165, 1.54) is 21.9 Å². The number of alkyl halides is 3. The molecule has 3 N–H and O–H groups in total. The maximum atomic E-state index is 13.4. The number of hydrogen-bond acceptors (Lipinski definition) is 5. The molecule has 1 atom stereocenters. The number of allylic oxidation sites excluding steroid dienone is 1. The molecule has 0 saturated carbocycles. The summed E-state index contributed by atoms with van der Waals surface area (Å²) in [4.78, 5) is 33.4. The van der Waals surface area contributed by atoms with Gasteiger partial charge < -0.3 is 15.7 Å². The van der Waals surface area contributed by atoms with Crippen LogP contribution in [0.15, 0.2) is 71.5 Å². The Morgan fingerprint density at radius 1 is 1.26 bits per heavy atom. The normalized spacial score (nSPS) is 17.1. The van der Waals surface area contributed by atoms with Crippen molar-refractivity contribution < 1.29 is 27.9 Å². The number of likely N-dealkylation sites (N-methyl/N-ethyl adjacent to an activating group) is 1. The molecular formula is C27H30F3N5O3. The summed E-state index contributed by atoms with van der Waals surface area (Å²) >= 11 is 0. The number of aliphatic imine (C=N–C) groups is 1. The van der Waals surface area contributed by atoms with Crippen molar-refractivity contribution in [3.05, 3.63) is 83.2 Å². The number of aryl methyl sites for hydroxylation is 1. The zero-order valence-corrected chi connectivity index (χ0v) is 21.6. The summed E-state index contributed by atoms with van der Waals surface area (Å²) < 4.78 is 39.2. The van der Waals surface area contributed by atoms with Gasteiger partial charge in [-0.25, -0.2) is 9.79 Å². The predicted octanol–water partition coefficient (Wildman–Crippen LogP) is 4.92. The van der Waals surface area contributed by atoms with Gasteiger partial charge in [0.2, 0.25) is 0 Å². The molecule has 11 heteroatoms. The Labute approximate surface area is 219 Å². The number of nitrogens with zero attached hydrogens (tertiary/aromatic N) is 3. The molecule has 0 radical (unpaired) electrons. The molecule has 1 aliphatic rings. The van der Waals surface area contributed by atoms with E-state index in [0.29, 0.717) is 23.0 Å². The summed E-state index contributed by atoms with van der Waals surface area (Å²) in [6.45, 7) is 9.32. The minimum Gasteiger partial charge on any atom is -0.394 e. The number of aliphatic hydroxyl groups excluding tert-OH is 1. The highest BCUT2D eigenvalue weighted by Gasteiger charge is 2.33. The van der Waals surface area contributed by atoms with Gasteiger partial charge in [0.15, 0.2) is 0 Å². The van der Waals surface area contributed by atoms with Crippen LogP contribution in [0.3, 0.4) is 0 Å². The molecule has 1 fully saturated rings. The fraction of sp³-hybridized carbons (Fsp3) is 0.296. The SMILES string of the molecule is C=C(/N=C1\C(=C/C)CN(c2cc(NC(=O)c3cccc(C(F)(F)F)c3)ccc2C)C(=O)N1C)N[C@@H](C)CO. The number of amidine groups is 1. The molecule has 0 spiro atoms. The van der Waals surface area contributed by atoms with E-state index in [1.807, 2.05) is 19.9 Å². The number of carbonyl (C=O) groups is 2. The highest BCUT2D eigenvalue weighted by Crippen LogP contribution is 2.31. The van der Waals surface area contributed by atoms with Crippen LogP contribution in [0.25, 0.3) is 0 Å². The zero-order chi connectivity index (χ0) is 28.2. The van der Waals surface area contributed by atoms with E-state index in [-0.39, 0.29) is 30.8 Å². The first-order chi connectivity index (χ1) is 17.8. The van der Waals surface area contributed by atoms with Crippen molar-refractivity contribution in [2.75, 3.05) is 30.4 Å². The molecule has 0 aliphatic carbocycles. The number of rotatable bonds is 7. The Bertz CT molecular complexity index is 1300. The van der Waals surface area contributed by atoms with Crippen molar-refractivity contribution >= 4 is 29.1 Å². The Balaban J connectivity index is 1.87. The van der Waals surface area contributed by atoms with Crippen LogP contribution >= 0.6 is 0 Å². The van der Waals surface area contributed by atoms with Crippen LogP contribution in [0, 0.1) is 6.92 Å². The van der Waals surface area contributed by atoms with Crippen LogP contribution < -0.4 is 15.5 Å². The quantitative estimate of drug-likeness (QED) is 0.474. The van der Waals surface area contributed by atoms with Crippen LogP contribution in [0.5, 0.6) is 0 Å². The lowest BCUT2D eigenvalue weighted by molar-refractivity contribution is -0.137. The van der Waals surface area contributed by atoms with E-state index < -0.39 is 17.6 Å². The number of anilines is 2. The van der Waals surface area contributed by atoms with E-state index in [9.17, 15) is 27.9 Å². The highest BCUT2D eigenvalue weighted by molar-refractivity contribution is 6.16. The number of nitrogens with one attached hydrogen (secondary N) is 2. The molecule has 2 aromatic carbocycles. The largest absolute Gasteiger partial charge is 0.416 e. The molecule has 2 aromatic rings. The fourth-order valence-electron chi connectivity index (χ4n) is 3.86. The molecule has 3 amide bonds. The van der Waals surface area contributed by atoms with Gasteiger partial charge in [0.05, 0.1) is 24.4 Å². The molecule has 8 nitrogen and oxygen atoms in total. The van der Waals surface area contributed by atoms with Gasteiger partial charge in [-0.2, -0.15) is 13.2 Å². The lowest BCUT2D eigenvalue weighted by Gasteiger charge is -2.37. The standard InChI is InChI=1S/C27H30F3N5O3/c1-6-19-14-35(26(38)34(5)24(19)32-18(4)31-17(3)15-36)23-13-22(11-10-16(23)2)33-25(37)20-8-7-9-21(12-20)27(28,29)30/h6-13,17,31,36H,4,14-15H2,1-3,5H3,(H,33,37)/b19-6-,32-24+/t17-/m0/s1. The van der Waals surface area contributed by atoms with E-state index in [0.717, 1.165) is 23.3 Å². The van der Waals surface area contributed by atoms with Crippen molar-refractivity contribution in [1.29, 1.82) is 0 Å². The monoisotopic (exact) mass is 529 g/mol. The Hall–Kier alpha value is -4.12. The number of amides is 3. The van der Waals surface area contributed by atoms with Crippen molar-refractivity contribution in [3.63, 3.8) is 0 Å². The molecular weight excluding hydrogens is 499 g/mol. The molecule has 3 rings (SSSR count). The third-order valence-electron chi connectivity index (χ3n) is 5.94. The van der Waals surface area contributed by atoms with Crippen molar-refractivity contribution in [2.24, 2.45) is 4.99 Å². The average Bonchev–Trinajstić information content (AvgIpc) is 2.87. The topological polar surface area (TPSA) is 97.3 Å². The lowest BCUT2D eigenvalue weighted by atomic mass is 10.1. The molecule has 202 valence electrons. The van der Waals surface area contributed by atoms with Gasteiger partial charge in [-0.05, 0) is 56.7 Å². The number of hydrogen-bond donors (Lipinski definition) is 3. The highest BCUT2D eigenvalue weighted by atomic mass is 19.4. The minimum atomic E-state index is -4.57. The lowest BCUT2D eigenvalue weighted by Crippen LogP contribution is -2.52. The van der Waals surface area contributed by atoms with Crippen LogP contribution in [0.4, 0.5) is 29.3 Å². The first-order valence-corrected chi connectivity index (χ1v) is 11.8. The van der Waals surface area contributed by atoms with Gasteiger partial charge in [0.25, 0.3) is 5.91 Å². The number of carbonyl (C=O) groups excluding carboxylic acids is 2. The van der Waals surface area contributed by atoms with Gasteiger partial charge in [-0.3, -0.25) is 14.6 Å². The van der Waals surface area contributed by atoms with Gasteiger partial charge >= 0.3 is 12.2 Å². The first-order valence-electron chi connectivity index (χ1n) is 11.8. The van der Waals surface area contributed by atoms with Crippen LogP contribution in [0.1, 0.15) is 35.3 Å². The fourth-order valence-corrected chi connectivity index (χ4v) is 3.86. The molecule has 1 heterocycles. The third kappa shape index (κ3) is 6.41. The smallest absolute Gasteiger partial charge is 0.394 e. The first kappa shape index (κ1) is 28.5. The Kier molecular flexibility index (Phi) is 8.62. The van der Waals surface area contributed by atoms with Crippen LogP contribution in [-0.4, -0.2) is 54.0 Å². The second-order valence-electron chi connectivity index (χ2n) is 8.89. The maximum absolute atomic E-state index is 13.4. The van der Waals surface area contributed by atoms with E-state index in [2.05, 4.69) is 22.2 Å². The van der Waals surface area contributed by atoms with Crippen molar-refractivity contribution in [1.82, 2.24) is 10.2 Å². The molecule has 0 unspecified atom stereocenters. The maximum Gasteiger partial charge on any atom is 0.416 e. The van der Waals surface area contributed by atoms with Crippen molar-refractivity contribution in [2.45, 2.75) is 33.0 Å². The minimum absolute atomic E-state index is 0.108. The van der Waals surface area contributed by atoms with E-state index >= 15 is 0 Å². The number of aliphatic hydroxyl groups is 1. The number of halogens is 3. The van der Waals surface area contributed by atoms with Crippen LogP contribution in [-0.2, 0) is 6.18 Å². The molecule has 1 saturated heterocycles. The van der Waals surface area contributed by atoms with Gasteiger partial charge in [-0.15, -0.1) is 0 Å². The van der Waals surface area contributed by atoms with E-state index in [1.54, 1.807) is 32.2 Å². The van der Waals surface area contributed by atoms with Gasteiger partial charge in [-0.1, -0.05) is 24.8 Å². The molecule has 0 bridgehead atoms.